The number of rotatable bonds is 6. The molecule has 0 radical (unpaired) electrons. The van der Waals surface area contributed by atoms with Gasteiger partial charge in [-0.05, 0) is 30.7 Å². The zero-order valence-corrected chi connectivity index (χ0v) is 13.9. The normalized spacial score (nSPS) is 10.5. The van der Waals surface area contributed by atoms with Gasteiger partial charge in [0.05, 0.1) is 10.9 Å². The number of fused-ring (bicyclic) bond motifs is 1. The molecule has 0 aliphatic rings. The third-order valence-electron chi connectivity index (χ3n) is 3.65. The minimum atomic E-state index is -0.469. The van der Waals surface area contributed by atoms with Crippen molar-refractivity contribution in [2.24, 2.45) is 0 Å². The van der Waals surface area contributed by atoms with Gasteiger partial charge in [0.1, 0.15) is 5.69 Å². The molecule has 8 nitrogen and oxygen atoms in total. The third-order valence-corrected chi connectivity index (χ3v) is 3.65. The molecule has 0 bridgehead atoms. The van der Waals surface area contributed by atoms with Crippen LogP contribution in [0.5, 0.6) is 0 Å². The summed E-state index contributed by atoms with van der Waals surface area (Å²) in [6, 6.07) is 11.9. The Morgan fingerprint density at radius 2 is 1.69 bits per heavy atom. The first-order valence-electron chi connectivity index (χ1n) is 8.11. The van der Waals surface area contributed by atoms with Crippen LogP contribution in [-0.4, -0.2) is 39.9 Å². The van der Waals surface area contributed by atoms with Crippen LogP contribution in [0.4, 0.5) is 0 Å². The summed E-state index contributed by atoms with van der Waals surface area (Å²) in [5.41, 5.74) is 0.446. The molecule has 3 rings (SSSR count). The highest BCUT2D eigenvalue weighted by Crippen LogP contribution is 2.05. The van der Waals surface area contributed by atoms with Crippen molar-refractivity contribution in [3.8, 4) is 0 Å². The number of benzene rings is 1. The van der Waals surface area contributed by atoms with Gasteiger partial charge in [-0.3, -0.25) is 19.4 Å². The van der Waals surface area contributed by atoms with Gasteiger partial charge in [-0.2, -0.15) is 0 Å². The van der Waals surface area contributed by atoms with Gasteiger partial charge in [0.25, 0.3) is 17.4 Å². The summed E-state index contributed by atoms with van der Waals surface area (Å²) in [7, 11) is 0. The van der Waals surface area contributed by atoms with Crippen LogP contribution in [0.1, 0.15) is 27.5 Å². The van der Waals surface area contributed by atoms with Crippen molar-refractivity contribution in [3.05, 3.63) is 70.5 Å². The second kappa shape index (κ2) is 8.02. The second-order valence-corrected chi connectivity index (χ2v) is 5.51. The van der Waals surface area contributed by atoms with Crippen molar-refractivity contribution < 1.29 is 9.59 Å². The van der Waals surface area contributed by atoms with Gasteiger partial charge in [0.15, 0.2) is 5.82 Å². The predicted molar refractivity (Wildman–Crippen MR) is 95.9 cm³/mol. The number of nitrogens with one attached hydrogen (secondary N) is 3. The number of aromatic amines is 1. The molecule has 132 valence electrons. The first kappa shape index (κ1) is 17.3. The van der Waals surface area contributed by atoms with Crippen LogP contribution in [0.3, 0.4) is 0 Å². The Morgan fingerprint density at radius 3 is 2.46 bits per heavy atom. The average Bonchev–Trinajstić information content (AvgIpc) is 2.68. The predicted octanol–water partition coefficient (Wildman–Crippen LogP) is 0.868. The van der Waals surface area contributed by atoms with E-state index in [0.717, 1.165) is 0 Å². The summed E-state index contributed by atoms with van der Waals surface area (Å²) in [4.78, 5) is 46.5. The number of H-pyrrole nitrogens is 1. The number of pyridine rings is 1. The fraction of sp³-hybridized carbons (Fsp3) is 0.167. The minimum absolute atomic E-state index is 0.0359. The molecule has 0 aliphatic heterocycles. The summed E-state index contributed by atoms with van der Waals surface area (Å²) >= 11 is 0. The highest BCUT2D eigenvalue weighted by molar-refractivity contribution is 5.93. The molecule has 0 saturated heterocycles. The molecule has 0 atom stereocenters. The smallest absolute Gasteiger partial charge is 0.287 e. The monoisotopic (exact) mass is 351 g/mol. The van der Waals surface area contributed by atoms with Gasteiger partial charge in [-0.1, -0.05) is 18.2 Å². The summed E-state index contributed by atoms with van der Waals surface area (Å²) in [5.74, 6) is -0.771. The van der Waals surface area contributed by atoms with E-state index in [1.807, 2.05) is 0 Å². The molecule has 0 aliphatic carbocycles. The van der Waals surface area contributed by atoms with Crippen LogP contribution in [0.25, 0.3) is 10.9 Å². The van der Waals surface area contributed by atoms with E-state index in [9.17, 15) is 14.4 Å². The van der Waals surface area contributed by atoms with Crippen molar-refractivity contribution >= 4 is 22.7 Å². The fourth-order valence-electron chi connectivity index (χ4n) is 2.36. The molecule has 1 aromatic carbocycles. The van der Waals surface area contributed by atoms with E-state index in [2.05, 4.69) is 25.6 Å². The molecule has 2 heterocycles. The van der Waals surface area contributed by atoms with Crippen molar-refractivity contribution in [1.29, 1.82) is 0 Å². The summed E-state index contributed by atoms with van der Waals surface area (Å²) in [5, 5.41) is 5.82. The molecule has 0 fully saturated rings. The minimum Gasteiger partial charge on any atom is -0.351 e. The molecule has 2 aromatic heterocycles. The Bertz CT molecular complexity index is 985. The number of amides is 2. The number of carbonyl (C=O) groups excluding carboxylic acids is 2. The van der Waals surface area contributed by atoms with E-state index in [0.29, 0.717) is 36.1 Å². The highest BCUT2D eigenvalue weighted by atomic mass is 16.2. The van der Waals surface area contributed by atoms with Gasteiger partial charge in [-0.25, -0.2) is 4.98 Å². The molecular weight excluding hydrogens is 334 g/mol. The van der Waals surface area contributed by atoms with Crippen molar-refractivity contribution in [2.75, 3.05) is 13.1 Å². The lowest BCUT2D eigenvalue weighted by Gasteiger charge is -2.07. The fourth-order valence-corrected chi connectivity index (χ4v) is 2.36. The second-order valence-electron chi connectivity index (χ2n) is 5.51. The molecule has 26 heavy (non-hydrogen) atoms. The molecule has 0 saturated carbocycles. The molecule has 0 unspecified atom stereocenters. The average molecular weight is 351 g/mol. The van der Waals surface area contributed by atoms with Gasteiger partial charge in [0, 0.05) is 19.3 Å². The maximum absolute atomic E-state index is 12.1. The lowest BCUT2D eigenvalue weighted by Crippen LogP contribution is -2.32. The molecule has 3 aromatic rings. The Balaban J connectivity index is 1.49. The van der Waals surface area contributed by atoms with Crippen LogP contribution < -0.4 is 16.2 Å². The number of aromatic nitrogens is 3. The van der Waals surface area contributed by atoms with Crippen molar-refractivity contribution in [3.63, 3.8) is 0 Å². The lowest BCUT2D eigenvalue weighted by atomic mass is 10.2. The van der Waals surface area contributed by atoms with E-state index in [1.165, 1.54) is 0 Å². The van der Waals surface area contributed by atoms with Crippen LogP contribution in [-0.2, 0) is 0 Å². The Kier molecular flexibility index (Phi) is 5.33. The number of carbonyl (C=O) groups is 2. The van der Waals surface area contributed by atoms with Gasteiger partial charge in [0.2, 0.25) is 0 Å². The molecule has 2 amide bonds. The van der Waals surface area contributed by atoms with E-state index >= 15 is 0 Å². The first-order valence-corrected chi connectivity index (χ1v) is 8.11. The number of hydrogen-bond donors (Lipinski definition) is 3. The summed E-state index contributed by atoms with van der Waals surface area (Å²) in [6.07, 6.45) is 2.08. The van der Waals surface area contributed by atoms with Gasteiger partial charge >= 0.3 is 0 Å². The largest absolute Gasteiger partial charge is 0.351 e. The van der Waals surface area contributed by atoms with Crippen LogP contribution in [0.15, 0.2) is 53.5 Å². The third kappa shape index (κ3) is 4.10. The molecular formula is C18H17N5O3. The van der Waals surface area contributed by atoms with E-state index in [4.69, 9.17) is 0 Å². The van der Waals surface area contributed by atoms with Crippen LogP contribution in [0, 0.1) is 0 Å². The zero-order chi connectivity index (χ0) is 18.4. The quantitative estimate of drug-likeness (QED) is 0.570. The number of nitrogens with zero attached hydrogens (tertiary/aromatic N) is 2. The van der Waals surface area contributed by atoms with Gasteiger partial charge < -0.3 is 15.6 Å². The molecule has 3 N–H and O–H groups in total. The Labute approximate surface area is 148 Å². The number of hydrogen-bond acceptors (Lipinski definition) is 5. The lowest BCUT2D eigenvalue weighted by molar-refractivity contribution is 0.0942. The zero-order valence-electron chi connectivity index (χ0n) is 13.9. The maximum atomic E-state index is 12.1. The van der Waals surface area contributed by atoms with E-state index < -0.39 is 5.91 Å². The van der Waals surface area contributed by atoms with E-state index in [-0.39, 0.29) is 17.3 Å². The Hall–Kier alpha value is -3.55. The van der Waals surface area contributed by atoms with Crippen LogP contribution in [0.2, 0.25) is 0 Å². The Morgan fingerprint density at radius 1 is 0.962 bits per heavy atom. The summed E-state index contributed by atoms with van der Waals surface area (Å²) in [6.45, 7) is 0.717. The maximum Gasteiger partial charge on any atom is 0.287 e. The topological polar surface area (TPSA) is 117 Å². The number of para-hydroxylation sites is 1. The highest BCUT2D eigenvalue weighted by Gasteiger charge is 2.11. The first-order chi connectivity index (χ1) is 12.6. The summed E-state index contributed by atoms with van der Waals surface area (Å²) < 4.78 is 0. The van der Waals surface area contributed by atoms with Crippen molar-refractivity contribution in [1.82, 2.24) is 25.6 Å². The van der Waals surface area contributed by atoms with Crippen LogP contribution >= 0.6 is 0 Å². The standard InChI is InChI=1S/C18H17N5O3/c24-16-12-6-1-2-7-13(12)22-15(23-16)18(26)21-11-5-10-20-17(25)14-8-3-4-9-19-14/h1-4,6-9H,5,10-11H2,(H,20,25)(H,21,26)(H,22,23,24). The molecule has 8 heteroatoms. The molecule has 0 spiro atoms. The SMILES string of the molecule is O=C(NCCCNC(=O)c1nc2ccccc2c(=O)[nH]1)c1ccccn1. The van der Waals surface area contributed by atoms with E-state index in [1.54, 1.807) is 48.7 Å². The van der Waals surface area contributed by atoms with Gasteiger partial charge in [-0.15, -0.1) is 0 Å². The van der Waals surface area contributed by atoms with Crippen molar-refractivity contribution in [2.45, 2.75) is 6.42 Å².